The Morgan fingerprint density at radius 3 is 2.31 bits per heavy atom. The van der Waals surface area contributed by atoms with Gasteiger partial charge in [-0.1, -0.05) is 71.1 Å². The van der Waals surface area contributed by atoms with Gasteiger partial charge in [-0.2, -0.15) is 0 Å². The smallest absolute Gasteiger partial charge is 0.329 e. The number of nitrogens with zero attached hydrogens (tertiary/aromatic N) is 1. The molecule has 62 heavy (non-hydrogen) atoms. The highest BCUT2D eigenvalue weighted by atomic mass is 16.6. The van der Waals surface area contributed by atoms with E-state index in [4.69, 9.17) is 18.9 Å². The van der Waals surface area contributed by atoms with Crippen LogP contribution in [0.4, 0.5) is 0 Å². The monoisotopic (exact) mass is 870 g/mol. The first-order chi connectivity index (χ1) is 29.3. The Morgan fingerprint density at radius 1 is 0.855 bits per heavy atom. The molecular formula is C50H79NO11. The number of methoxy groups -OCH3 is 2. The minimum atomic E-state index is -1.74. The minimum Gasteiger partial charge on any atom is -0.460 e. The number of allylic oxidation sites excluding steroid dienone is 6. The van der Waals surface area contributed by atoms with Gasteiger partial charge in [0.1, 0.15) is 23.7 Å². The molecule has 0 unspecified atom stereocenters. The van der Waals surface area contributed by atoms with Crippen LogP contribution >= 0.6 is 0 Å². The van der Waals surface area contributed by atoms with E-state index in [9.17, 15) is 34.5 Å². The highest BCUT2D eigenvalue weighted by molar-refractivity contribution is 5.86. The first-order valence-corrected chi connectivity index (χ1v) is 23.4. The number of ether oxygens (including phenoxy) is 4. The van der Waals surface area contributed by atoms with Crippen LogP contribution in [0.15, 0.2) is 47.6 Å². The number of aliphatic hydroxyl groups is 3. The Balaban J connectivity index is 1.64. The highest BCUT2D eigenvalue weighted by Crippen LogP contribution is 2.39. The van der Waals surface area contributed by atoms with Crippen LogP contribution in [0.2, 0.25) is 0 Å². The molecule has 1 amide bonds. The molecule has 3 aliphatic heterocycles. The van der Waals surface area contributed by atoms with Gasteiger partial charge in [-0.05, 0) is 107 Å². The molecule has 14 atom stereocenters. The van der Waals surface area contributed by atoms with Crippen molar-refractivity contribution in [2.24, 2.45) is 35.5 Å². The molecule has 2 saturated heterocycles. The van der Waals surface area contributed by atoms with Gasteiger partial charge in [0.2, 0.25) is 5.91 Å². The van der Waals surface area contributed by atoms with E-state index in [1.807, 2.05) is 52.0 Å². The normalized spacial score (nSPS) is 40.5. The van der Waals surface area contributed by atoms with Crippen molar-refractivity contribution < 1.29 is 53.4 Å². The zero-order chi connectivity index (χ0) is 45.7. The maximum Gasteiger partial charge on any atom is 0.329 e. The van der Waals surface area contributed by atoms with Gasteiger partial charge in [-0.25, -0.2) is 4.79 Å². The third kappa shape index (κ3) is 14.8. The van der Waals surface area contributed by atoms with Crippen LogP contribution in [0.5, 0.6) is 0 Å². The summed E-state index contributed by atoms with van der Waals surface area (Å²) >= 11 is 0. The SMILES string of the molecule is CO[C@H]1C[C@@H]2CC[C@@H](C)[C@](O)(CC(=O)N3CCCC[C@H]3C(=O)O[C@H]([C@H](C)C[C@@H]3CC[C@@H](O)[C@H](OC)C3)CC(=O)[C@H](C)/C=C(\C)[C@@H](O)CC(=O)[C@H](C)C[C@H](C)\C=C/C=C/C=C/1C)O2. The second kappa shape index (κ2) is 24.3. The van der Waals surface area contributed by atoms with Gasteiger partial charge in [0.25, 0.3) is 0 Å². The third-order valence-corrected chi connectivity index (χ3v) is 14.2. The average molecular weight is 870 g/mol. The first kappa shape index (κ1) is 51.6. The molecule has 2 bridgehead atoms. The van der Waals surface area contributed by atoms with E-state index in [1.54, 1.807) is 34.1 Å². The van der Waals surface area contributed by atoms with Gasteiger partial charge < -0.3 is 39.2 Å². The second-order valence-corrected chi connectivity index (χ2v) is 19.4. The summed E-state index contributed by atoms with van der Waals surface area (Å²) in [4.78, 5) is 57.3. The summed E-state index contributed by atoms with van der Waals surface area (Å²) in [5.74, 6) is -4.09. The summed E-state index contributed by atoms with van der Waals surface area (Å²) in [5, 5.41) is 33.5. The Kier molecular flexibility index (Phi) is 20.3. The van der Waals surface area contributed by atoms with Crippen LogP contribution in [0.25, 0.3) is 0 Å². The van der Waals surface area contributed by atoms with Gasteiger partial charge in [-0.15, -0.1) is 0 Å². The molecule has 4 rings (SSSR count). The van der Waals surface area contributed by atoms with E-state index < -0.39 is 42.0 Å². The van der Waals surface area contributed by atoms with Crippen molar-refractivity contribution in [1.29, 1.82) is 0 Å². The molecule has 3 heterocycles. The quantitative estimate of drug-likeness (QED) is 0.186. The van der Waals surface area contributed by atoms with Crippen molar-refractivity contribution in [3.05, 3.63) is 47.6 Å². The van der Waals surface area contributed by atoms with Gasteiger partial charge in [-0.3, -0.25) is 14.4 Å². The summed E-state index contributed by atoms with van der Waals surface area (Å²) in [6.07, 6.45) is 14.7. The molecule has 1 aliphatic carbocycles. The number of Topliss-reactive ketones (excluding diaryl/α,β-unsaturated/α-hetero) is 2. The fraction of sp³-hybridized carbons (Fsp3) is 0.760. The number of hydrogen-bond donors (Lipinski definition) is 3. The Morgan fingerprint density at radius 2 is 1.60 bits per heavy atom. The molecule has 1 saturated carbocycles. The number of rotatable bonds is 5. The number of cyclic esters (lactones) is 1. The molecular weight excluding hydrogens is 791 g/mol. The third-order valence-electron chi connectivity index (χ3n) is 14.2. The maximum atomic E-state index is 14.3. The molecule has 0 spiro atoms. The standard InChI is InChI=1S/C50H79NO11/c1-31-15-11-10-12-16-32(2)45(59-8)27-39-20-18-37(7)50(58,62-39)30-48(56)51-22-14-13-17-40(51)49(57)61-46(36(6)25-38-19-21-41(52)47(26-38)60-9)29-44(55)35(5)24-34(4)43(54)28-42(53)33(3)23-31/h10-12,15-16,24,31,33,35-41,43,45-47,52,54,58H,13-14,17-23,25-30H2,1-9H3/b12-10+,15-11-,32-16+,34-24+/t31-,33-,35-,36-,37-,38+,39+,40+,41-,43+,45+,46+,47-,50+/m1/s1. The number of fused-ring (bicyclic) bond motifs is 3. The molecule has 3 fully saturated rings. The summed E-state index contributed by atoms with van der Waals surface area (Å²) in [6, 6.07) is -0.885. The molecule has 4 aliphatic rings. The van der Waals surface area contributed by atoms with Crippen molar-refractivity contribution >= 4 is 23.4 Å². The van der Waals surface area contributed by atoms with Crippen molar-refractivity contribution in [2.75, 3.05) is 20.8 Å². The van der Waals surface area contributed by atoms with Crippen LogP contribution in [0, 0.1) is 35.5 Å². The minimum absolute atomic E-state index is 0.0510. The molecule has 12 nitrogen and oxygen atoms in total. The second-order valence-electron chi connectivity index (χ2n) is 19.4. The zero-order valence-corrected chi connectivity index (χ0v) is 39.1. The van der Waals surface area contributed by atoms with Gasteiger partial charge in [0, 0.05) is 57.8 Å². The van der Waals surface area contributed by atoms with Crippen LogP contribution < -0.4 is 0 Å². The van der Waals surface area contributed by atoms with Crippen molar-refractivity contribution in [3.63, 3.8) is 0 Å². The van der Waals surface area contributed by atoms with E-state index in [0.29, 0.717) is 76.3 Å². The van der Waals surface area contributed by atoms with E-state index >= 15 is 0 Å². The van der Waals surface area contributed by atoms with E-state index in [2.05, 4.69) is 13.0 Å². The summed E-state index contributed by atoms with van der Waals surface area (Å²) in [5.41, 5.74) is 1.51. The van der Waals surface area contributed by atoms with Gasteiger partial charge >= 0.3 is 5.97 Å². The molecule has 0 radical (unpaired) electrons. The number of amides is 1. The fourth-order valence-corrected chi connectivity index (χ4v) is 9.87. The molecule has 0 aromatic heterocycles. The Hall–Kier alpha value is -3.00. The highest BCUT2D eigenvalue weighted by Gasteiger charge is 2.46. The van der Waals surface area contributed by atoms with Gasteiger partial charge in [0.05, 0.1) is 36.9 Å². The lowest BCUT2D eigenvalue weighted by atomic mass is 9.78. The van der Waals surface area contributed by atoms with Crippen LogP contribution in [0.1, 0.15) is 138 Å². The Bertz CT molecular complexity index is 1620. The fourth-order valence-electron chi connectivity index (χ4n) is 9.87. The van der Waals surface area contributed by atoms with E-state index in [-0.39, 0.29) is 84.6 Å². The van der Waals surface area contributed by atoms with Gasteiger partial charge in [0.15, 0.2) is 5.79 Å². The predicted octanol–water partition coefficient (Wildman–Crippen LogP) is 7.38. The average Bonchev–Trinajstić information content (AvgIpc) is 3.23. The summed E-state index contributed by atoms with van der Waals surface area (Å²) < 4.78 is 24.2. The molecule has 350 valence electrons. The molecule has 12 heteroatoms. The first-order valence-electron chi connectivity index (χ1n) is 23.4. The number of carbonyl (C=O) groups excluding carboxylic acids is 4. The van der Waals surface area contributed by atoms with E-state index in [0.717, 1.165) is 12.0 Å². The van der Waals surface area contributed by atoms with Crippen molar-refractivity contribution in [3.8, 4) is 0 Å². The van der Waals surface area contributed by atoms with Crippen molar-refractivity contribution in [1.82, 2.24) is 4.90 Å². The lowest BCUT2D eigenvalue weighted by Gasteiger charge is -2.44. The number of ketones is 2. The molecule has 0 aromatic rings. The summed E-state index contributed by atoms with van der Waals surface area (Å²) in [6.45, 7) is 13.6. The maximum absolute atomic E-state index is 14.3. The van der Waals surface area contributed by atoms with E-state index in [1.165, 1.54) is 4.90 Å². The van der Waals surface area contributed by atoms with Crippen LogP contribution in [-0.4, -0.2) is 113 Å². The van der Waals surface area contributed by atoms with Crippen LogP contribution in [-0.2, 0) is 38.1 Å². The largest absolute Gasteiger partial charge is 0.460 e. The number of hydrogen-bond acceptors (Lipinski definition) is 11. The number of carbonyl (C=O) groups is 4. The Labute approximate surface area is 371 Å². The van der Waals surface area contributed by atoms with Crippen molar-refractivity contribution in [2.45, 2.75) is 187 Å². The number of esters is 1. The number of aliphatic hydroxyl groups excluding tert-OH is 2. The van der Waals surface area contributed by atoms with Crippen LogP contribution in [0.3, 0.4) is 0 Å². The predicted molar refractivity (Wildman–Crippen MR) is 239 cm³/mol. The topological polar surface area (TPSA) is 169 Å². The molecule has 0 aromatic carbocycles. The lowest BCUT2D eigenvalue weighted by molar-refractivity contribution is -0.284. The number of piperidine rings is 1. The molecule has 3 N–H and O–H groups in total. The summed E-state index contributed by atoms with van der Waals surface area (Å²) in [7, 11) is 3.24. The zero-order valence-electron chi connectivity index (χ0n) is 39.1. The lowest BCUT2D eigenvalue weighted by Crippen LogP contribution is -2.55.